The first-order chi connectivity index (χ1) is 5.65. The Morgan fingerprint density at radius 3 is 2.62 bits per heavy atom. The average molecular weight is 225 g/mol. The molecule has 13 heavy (non-hydrogen) atoms. The Morgan fingerprint density at radius 2 is 2.08 bits per heavy atom. The molecule has 0 aliphatic heterocycles. The van der Waals surface area contributed by atoms with Crippen LogP contribution in [0.25, 0.3) is 0 Å². The van der Waals surface area contributed by atoms with Crippen molar-refractivity contribution in [3.05, 3.63) is 28.8 Å². The van der Waals surface area contributed by atoms with Crippen molar-refractivity contribution >= 4 is 29.7 Å². The normalized spacial score (nSPS) is 11.9. The van der Waals surface area contributed by atoms with Crippen molar-refractivity contribution in [2.75, 3.05) is 12.4 Å². The summed E-state index contributed by atoms with van der Waals surface area (Å²) in [5.41, 5.74) is 12.0. The van der Waals surface area contributed by atoms with Gasteiger partial charge in [0, 0.05) is 10.7 Å². The minimum atomic E-state index is -0.677. The molecule has 0 radical (unpaired) electrons. The van der Waals surface area contributed by atoms with Crippen LogP contribution in [-0.2, 0) is 0 Å². The summed E-state index contributed by atoms with van der Waals surface area (Å²) in [6.45, 7) is -0.634. The van der Waals surface area contributed by atoms with Crippen LogP contribution in [0.5, 0.6) is 0 Å². The molecule has 5 heteroatoms. The Balaban J connectivity index is 0.00000144. The molecule has 0 aliphatic rings. The molecule has 0 spiro atoms. The Bertz CT molecular complexity index is 281. The number of benzene rings is 1. The highest BCUT2D eigenvalue weighted by Gasteiger charge is 2.08. The standard InChI is InChI=1S/C8H10ClFN2.ClH/c9-5-1-2-7(11)6(3-5)8(12)4-10;/h1-3,8H,4,11-12H2;1H/t8-;/m0./s1. The summed E-state index contributed by atoms with van der Waals surface area (Å²) in [5, 5.41) is 0.517. The highest BCUT2D eigenvalue weighted by molar-refractivity contribution is 6.30. The maximum Gasteiger partial charge on any atom is 0.109 e. The van der Waals surface area contributed by atoms with E-state index >= 15 is 0 Å². The molecule has 1 atom stereocenters. The second-order valence-electron chi connectivity index (χ2n) is 2.53. The van der Waals surface area contributed by atoms with Gasteiger partial charge in [-0.15, -0.1) is 12.4 Å². The van der Waals surface area contributed by atoms with Gasteiger partial charge in [-0.3, -0.25) is 0 Å². The molecule has 0 unspecified atom stereocenters. The molecule has 1 rings (SSSR count). The second-order valence-corrected chi connectivity index (χ2v) is 2.97. The summed E-state index contributed by atoms with van der Waals surface area (Å²) in [5.74, 6) is 0. The quantitative estimate of drug-likeness (QED) is 0.758. The molecule has 0 heterocycles. The number of hydrogen-bond donors (Lipinski definition) is 2. The summed E-state index contributed by atoms with van der Waals surface area (Å²) >= 11 is 5.68. The lowest BCUT2D eigenvalue weighted by Gasteiger charge is -2.10. The van der Waals surface area contributed by atoms with E-state index < -0.39 is 12.7 Å². The first kappa shape index (κ1) is 12.5. The summed E-state index contributed by atoms with van der Waals surface area (Å²) in [4.78, 5) is 0. The number of anilines is 1. The van der Waals surface area contributed by atoms with E-state index in [1.807, 2.05) is 0 Å². The fraction of sp³-hybridized carbons (Fsp3) is 0.250. The van der Waals surface area contributed by atoms with Gasteiger partial charge in [-0.2, -0.15) is 0 Å². The first-order valence-electron chi connectivity index (χ1n) is 3.51. The van der Waals surface area contributed by atoms with Crippen molar-refractivity contribution in [2.45, 2.75) is 6.04 Å². The van der Waals surface area contributed by atoms with Gasteiger partial charge in [-0.05, 0) is 23.8 Å². The minimum absolute atomic E-state index is 0. The average Bonchev–Trinajstić information content (AvgIpc) is 2.08. The van der Waals surface area contributed by atoms with Crippen LogP contribution >= 0.6 is 24.0 Å². The smallest absolute Gasteiger partial charge is 0.109 e. The van der Waals surface area contributed by atoms with Gasteiger partial charge in [0.25, 0.3) is 0 Å². The van der Waals surface area contributed by atoms with Crippen molar-refractivity contribution < 1.29 is 4.39 Å². The van der Waals surface area contributed by atoms with Crippen molar-refractivity contribution in [1.82, 2.24) is 0 Å². The van der Waals surface area contributed by atoms with E-state index in [0.717, 1.165) is 0 Å². The summed E-state index contributed by atoms with van der Waals surface area (Å²) in [6, 6.07) is 4.17. The molecule has 0 aliphatic carbocycles. The van der Waals surface area contributed by atoms with E-state index in [4.69, 9.17) is 23.1 Å². The van der Waals surface area contributed by atoms with Gasteiger partial charge in [0.15, 0.2) is 0 Å². The van der Waals surface area contributed by atoms with Crippen LogP contribution < -0.4 is 11.5 Å². The van der Waals surface area contributed by atoms with E-state index in [9.17, 15) is 4.39 Å². The highest BCUT2D eigenvalue weighted by Crippen LogP contribution is 2.22. The lowest BCUT2D eigenvalue weighted by atomic mass is 10.1. The van der Waals surface area contributed by atoms with Crippen LogP contribution in [-0.4, -0.2) is 6.67 Å². The number of nitrogens with two attached hydrogens (primary N) is 2. The van der Waals surface area contributed by atoms with E-state index in [-0.39, 0.29) is 12.4 Å². The fourth-order valence-corrected chi connectivity index (χ4v) is 1.13. The molecule has 0 fully saturated rings. The third kappa shape index (κ3) is 3.03. The Labute approximate surface area is 87.5 Å². The number of alkyl halides is 1. The minimum Gasteiger partial charge on any atom is -0.398 e. The molecule has 2 nitrogen and oxygen atoms in total. The molecule has 1 aromatic rings. The Hall–Kier alpha value is -0.510. The summed E-state index contributed by atoms with van der Waals surface area (Å²) < 4.78 is 12.2. The Kier molecular flexibility index (Phi) is 5.06. The lowest BCUT2D eigenvalue weighted by molar-refractivity contribution is 0.438. The molecule has 0 bridgehead atoms. The van der Waals surface area contributed by atoms with Gasteiger partial charge < -0.3 is 11.5 Å². The summed E-state index contributed by atoms with van der Waals surface area (Å²) in [6.07, 6.45) is 0. The maximum atomic E-state index is 12.2. The van der Waals surface area contributed by atoms with Crippen molar-refractivity contribution in [3.63, 3.8) is 0 Å². The van der Waals surface area contributed by atoms with E-state index in [2.05, 4.69) is 0 Å². The van der Waals surface area contributed by atoms with Crippen LogP contribution in [0.2, 0.25) is 5.02 Å². The predicted molar refractivity (Wildman–Crippen MR) is 56.0 cm³/mol. The molecular formula is C8H11Cl2FN2. The van der Waals surface area contributed by atoms with Gasteiger partial charge >= 0.3 is 0 Å². The lowest BCUT2D eigenvalue weighted by Crippen LogP contribution is -2.14. The van der Waals surface area contributed by atoms with Gasteiger partial charge in [0.2, 0.25) is 0 Å². The molecule has 0 amide bonds. The molecule has 0 saturated carbocycles. The van der Waals surface area contributed by atoms with Gasteiger partial charge in [-0.25, -0.2) is 4.39 Å². The van der Waals surface area contributed by atoms with Crippen LogP contribution in [0.3, 0.4) is 0 Å². The highest BCUT2D eigenvalue weighted by atomic mass is 35.5. The third-order valence-corrected chi connectivity index (χ3v) is 1.85. The van der Waals surface area contributed by atoms with Gasteiger partial charge in [0.1, 0.15) is 6.67 Å². The molecule has 74 valence electrons. The SMILES string of the molecule is Cl.Nc1ccc(Cl)cc1[C@@H](N)CF. The molecule has 0 aromatic heterocycles. The molecule has 1 aromatic carbocycles. The van der Waals surface area contributed by atoms with Crippen LogP contribution in [0.4, 0.5) is 10.1 Å². The summed E-state index contributed by atoms with van der Waals surface area (Å²) in [7, 11) is 0. The van der Waals surface area contributed by atoms with Crippen molar-refractivity contribution in [3.8, 4) is 0 Å². The van der Waals surface area contributed by atoms with Crippen LogP contribution in [0, 0.1) is 0 Å². The maximum absolute atomic E-state index is 12.2. The number of hydrogen-bond acceptors (Lipinski definition) is 2. The largest absolute Gasteiger partial charge is 0.398 e. The first-order valence-corrected chi connectivity index (χ1v) is 3.89. The van der Waals surface area contributed by atoms with E-state index in [1.165, 1.54) is 0 Å². The third-order valence-electron chi connectivity index (χ3n) is 1.61. The number of halogens is 3. The molecule has 0 saturated heterocycles. The van der Waals surface area contributed by atoms with Crippen LogP contribution in [0.15, 0.2) is 18.2 Å². The van der Waals surface area contributed by atoms with Gasteiger partial charge in [-0.1, -0.05) is 11.6 Å². The van der Waals surface area contributed by atoms with Crippen molar-refractivity contribution in [2.24, 2.45) is 5.73 Å². The van der Waals surface area contributed by atoms with E-state index in [1.54, 1.807) is 18.2 Å². The zero-order valence-electron chi connectivity index (χ0n) is 6.84. The zero-order chi connectivity index (χ0) is 9.14. The molecular weight excluding hydrogens is 214 g/mol. The zero-order valence-corrected chi connectivity index (χ0v) is 8.41. The number of rotatable bonds is 2. The van der Waals surface area contributed by atoms with E-state index in [0.29, 0.717) is 16.3 Å². The van der Waals surface area contributed by atoms with Gasteiger partial charge in [0.05, 0.1) is 6.04 Å². The predicted octanol–water partition coefficient (Wildman–Crippen LogP) is 2.31. The van der Waals surface area contributed by atoms with Crippen LogP contribution in [0.1, 0.15) is 11.6 Å². The topological polar surface area (TPSA) is 52.0 Å². The monoisotopic (exact) mass is 224 g/mol. The van der Waals surface area contributed by atoms with Crippen molar-refractivity contribution in [1.29, 1.82) is 0 Å². The Morgan fingerprint density at radius 1 is 1.46 bits per heavy atom. The number of nitrogen functional groups attached to an aromatic ring is 1. The second kappa shape index (κ2) is 5.27. The molecule has 4 N–H and O–H groups in total. The fourth-order valence-electron chi connectivity index (χ4n) is 0.950.